The number of hydrogen-bond acceptors (Lipinski definition) is 5. The Hall–Kier alpha value is -3.41. The van der Waals surface area contributed by atoms with Gasteiger partial charge >= 0.3 is 0 Å². The first-order chi connectivity index (χ1) is 14.3. The third-order valence-electron chi connectivity index (χ3n) is 4.56. The first kappa shape index (κ1) is 21.3. The molecule has 0 bridgehead atoms. The number of benzene rings is 2. The lowest BCUT2D eigenvalue weighted by Crippen LogP contribution is -2.20. The van der Waals surface area contributed by atoms with E-state index in [4.69, 9.17) is 4.74 Å². The molecule has 156 valence electrons. The average molecular weight is 405 g/mol. The van der Waals surface area contributed by atoms with Crippen molar-refractivity contribution in [3.8, 4) is 5.75 Å². The molecule has 30 heavy (non-hydrogen) atoms. The molecule has 6 heteroatoms. The third-order valence-corrected chi connectivity index (χ3v) is 4.56. The second kappa shape index (κ2) is 9.39. The lowest BCUT2D eigenvalue weighted by molar-refractivity contribution is -0.118. The minimum Gasteiger partial charge on any atom is -0.483 e. The normalized spacial score (nSPS) is 10.7. The van der Waals surface area contributed by atoms with Crippen molar-refractivity contribution >= 4 is 23.2 Å². The van der Waals surface area contributed by atoms with Crippen LogP contribution in [0.1, 0.15) is 42.3 Å². The van der Waals surface area contributed by atoms with Gasteiger partial charge in [0, 0.05) is 22.8 Å². The van der Waals surface area contributed by atoms with E-state index in [0.29, 0.717) is 17.6 Å². The molecule has 1 aromatic heterocycles. The van der Waals surface area contributed by atoms with E-state index < -0.39 is 0 Å². The Morgan fingerprint density at radius 3 is 2.20 bits per heavy atom. The summed E-state index contributed by atoms with van der Waals surface area (Å²) in [7, 11) is 0. The van der Waals surface area contributed by atoms with E-state index in [2.05, 4.69) is 46.6 Å². The lowest BCUT2D eigenvalue weighted by atomic mass is 10.0. The summed E-state index contributed by atoms with van der Waals surface area (Å²) < 4.78 is 5.80. The SMILES string of the molecule is Cc1ccc(C(C)C)c(OCC(=O)Nc2ccc(Nc3nc(C)cc(C)n3)cc2)c1. The van der Waals surface area contributed by atoms with Crippen LogP contribution < -0.4 is 15.4 Å². The Balaban J connectivity index is 1.58. The Labute approximate surface area is 177 Å². The number of aromatic nitrogens is 2. The monoisotopic (exact) mass is 404 g/mol. The zero-order valence-electron chi connectivity index (χ0n) is 18.1. The molecule has 0 saturated heterocycles. The van der Waals surface area contributed by atoms with E-state index in [0.717, 1.165) is 34.0 Å². The van der Waals surface area contributed by atoms with Gasteiger partial charge in [-0.25, -0.2) is 9.97 Å². The molecule has 1 heterocycles. The summed E-state index contributed by atoms with van der Waals surface area (Å²) in [6, 6.07) is 15.4. The quantitative estimate of drug-likeness (QED) is 0.560. The number of amides is 1. The summed E-state index contributed by atoms with van der Waals surface area (Å²) in [5.41, 5.74) is 5.55. The van der Waals surface area contributed by atoms with Crippen LogP contribution in [0.3, 0.4) is 0 Å². The fourth-order valence-corrected chi connectivity index (χ4v) is 3.13. The molecule has 0 unspecified atom stereocenters. The van der Waals surface area contributed by atoms with E-state index in [-0.39, 0.29) is 12.5 Å². The van der Waals surface area contributed by atoms with Crippen LogP contribution in [0.4, 0.5) is 17.3 Å². The van der Waals surface area contributed by atoms with Crippen LogP contribution in [0.25, 0.3) is 0 Å². The summed E-state index contributed by atoms with van der Waals surface area (Å²) in [4.78, 5) is 21.1. The minimum atomic E-state index is -0.204. The number of ether oxygens (including phenoxy) is 1. The van der Waals surface area contributed by atoms with Crippen LogP contribution in [0, 0.1) is 20.8 Å². The van der Waals surface area contributed by atoms with Gasteiger partial charge < -0.3 is 15.4 Å². The van der Waals surface area contributed by atoms with Crippen molar-refractivity contribution in [1.29, 1.82) is 0 Å². The summed E-state index contributed by atoms with van der Waals surface area (Å²) >= 11 is 0. The predicted molar refractivity (Wildman–Crippen MR) is 121 cm³/mol. The number of nitrogens with zero attached hydrogens (tertiary/aromatic N) is 2. The average Bonchev–Trinajstić information content (AvgIpc) is 2.67. The summed E-state index contributed by atoms with van der Waals surface area (Å²) in [6.07, 6.45) is 0. The highest BCUT2D eigenvalue weighted by Gasteiger charge is 2.11. The van der Waals surface area contributed by atoms with Crippen molar-refractivity contribution in [2.45, 2.75) is 40.5 Å². The Kier molecular flexibility index (Phi) is 6.67. The molecule has 0 saturated carbocycles. The molecule has 0 spiro atoms. The van der Waals surface area contributed by atoms with Gasteiger partial charge in [-0.05, 0) is 74.2 Å². The van der Waals surface area contributed by atoms with Crippen molar-refractivity contribution in [3.63, 3.8) is 0 Å². The highest BCUT2D eigenvalue weighted by molar-refractivity contribution is 5.92. The summed E-state index contributed by atoms with van der Waals surface area (Å²) in [5.74, 6) is 1.43. The highest BCUT2D eigenvalue weighted by atomic mass is 16.5. The van der Waals surface area contributed by atoms with Crippen LogP contribution >= 0.6 is 0 Å². The zero-order valence-corrected chi connectivity index (χ0v) is 18.1. The zero-order chi connectivity index (χ0) is 21.7. The smallest absolute Gasteiger partial charge is 0.262 e. The molecule has 0 fully saturated rings. The van der Waals surface area contributed by atoms with Crippen LogP contribution in [0.2, 0.25) is 0 Å². The van der Waals surface area contributed by atoms with Crippen molar-refractivity contribution in [3.05, 3.63) is 71.0 Å². The summed E-state index contributed by atoms with van der Waals surface area (Å²) in [5, 5.41) is 6.04. The lowest BCUT2D eigenvalue weighted by Gasteiger charge is -2.15. The predicted octanol–water partition coefficient (Wildman–Crippen LogP) is 5.29. The van der Waals surface area contributed by atoms with Crippen molar-refractivity contribution < 1.29 is 9.53 Å². The molecule has 1 amide bonds. The van der Waals surface area contributed by atoms with Crippen molar-refractivity contribution in [2.75, 3.05) is 17.2 Å². The number of carbonyl (C=O) groups is 1. The van der Waals surface area contributed by atoms with E-state index in [1.165, 1.54) is 0 Å². The van der Waals surface area contributed by atoms with Gasteiger partial charge in [-0.3, -0.25) is 4.79 Å². The number of nitrogens with one attached hydrogen (secondary N) is 2. The Morgan fingerprint density at radius 1 is 0.933 bits per heavy atom. The number of rotatable bonds is 7. The maximum Gasteiger partial charge on any atom is 0.262 e. The van der Waals surface area contributed by atoms with E-state index in [1.807, 2.05) is 57.2 Å². The molecule has 6 nitrogen and oxygen atoms in total. The molecule has 0 aliphatic carbocycles. The van der Waals surface area contributed by atoms with Crippen LogP contribution in [-0.4, -0.2) is 22.5 Å². The van der Waals surface area contributed by atoms with Gasteiger partial charge in [0.05, 0.1) is 0 Å². The van der Waals surface area contributed by atoms with Crippen LogP contribution in [-0.2, 0) is 4.79 Å². The standard InChI is InChI=1S/C24H28N4O2/c1-15(2)21-11-6-16(3)12-22(21)30-14-23(29)27-19-7-9-20(10-8-19)28-24-25-17(4)13-18(5)26-24/h6-13,15H,14H2,1-5H3,(H,27,29)(H,25,26,28). The van der Waals surface area contributed by atoms with Crippen molar-refractivity contribution in [2.24, 2.45) is 0 Å². The number of anilines is 3. The molecule has 0 aliphatic heterocycles. The first-order valence-corrected chi connectivity index (χ1v) is 10.0. The molecule has 3 rings (SSSR count). The van der Waals surface area contributed by atoms with Crippen LogP contribution in [0.5, 0.6) is 5.75 Å². The van der Waals surface area contributed by atoms with E-state index in [1.54, 1.807) is 0 Å². The molecular weight excluding hydrogens is 376 g/mol. The third kappa shape index (κ3) is 5.80. The molecule has 0 radical (unpaired) electrons. The largest absolute Gasteiger partial charge is 0.483 e. The molecule has 2 aromatic carbocycles. The Morgan fingerprint density at radius 2 is 1.57 bits per heavy atom. The molecule has 0 aliphatic rings. The van der Waals surface area contributed by atoms with E-state index in [9.17, 15) is 4.79 Å². The van der Waals surface area contributed by atoms with Gasteiger partial charge in [0.2, 0.25) is 5.95 Å². The minimum absolute atomic E-state index is 0.0421. The van der Waals surface area contributed by atoms with Gasteiger partial charge in [0.25, 0.3) is 5.91 Å². The maximum absolute atomic E-state index is 12.3. The fourth-order valence-electron chi connectivity index (χ4n) is 3.13. The molecule has 0 atom stereocenters. The van der Waals surface area contributed by atoms with Gasteiger partial charge in [0.15, 0.2) is 6.61 Å². The second-order valence-corrected chi connectivity index (χ2v) is 7.71. The first-order valence-electron chi connectivity index (χ1n) is 10.0. The molecular formula is C24H28N4O2. The van der Waals surface area contributed by atoms with Gasteiger partial charge in [-0.2, -0.15) is 0 Å². The number of aryl methyl sites for hydroxylation is 3. The molecule has 3 aromatic rings. The van der Waals surface area contributed by atoms with Crippen molar-refractivity contribution in [1.82, 2.24) is 9.97 Å². The Bertz CT molecular complexity index is 1010. The fraction of sp³-hybridized carbons (Fsp3) is 0.292. The van der Waals surface area contributed by atoms with Gasteiger partial charge in [-0.15, -0.1) is 0 Å². The van der Waals surface area contributed by atoms with Gasteiger partial charge in [-0.1, -0.05) is 26.0 Å². The number of hydrogen-bond donors (Lipinski definition) is 2. The molecule has 2 N–H and O–H groups in total. The number of carbonyl (C=O) groups excluding carboxylic acids is 1. The topological polar surface area (TPSA) is 76.1 Å². The maximum atomic E-state index is 12.3. The highest BCUT2D eigenvalue weighted by Crippen LogP contribution is 2.27. The van der Waals surface area contributed by atoms with E-state index >= 15 is 0 Å². The van der Waals surface area contributed by atoms with Crippen LogP contribution in [0.15, 0.2) is 48.5 Å². The van der Waals surface area contributed by atoms with Gasteiger partial charge in [0.1, 0.15) is 5.75 Å². The second-order valence-electron chi connectivity index (χ2n) is 7.71. The summed E-state index contributed by atoms with van der Waals surface area (Å²) in [6.45, 7) is 10.0.